The van der Waals surface area contributed by atoms with Gasteiger partial charge in [-0.25, -0.2) is 14.4 Å². The van der Waals surface area contributed by atoms with E-state index in [0.717, 1.165) is 16.7 Å². The normalized spacial score (nSPS) is 30.0. The van der Waals surface area contributed by atoms with Gasteiger partial charge in [0.2, 0.25) is 28.8 Å². The number of nitrogens with zero attached hydrogens (tertiary/aromatic N) is 2. The molecule has 0 bridgehead atoms. The second-order valence-corrected chi connectivity index (χ2v) is 20.0. The molecule has 6 aliphatic rings. The summed E-state index contributed by atoms with van der Waals surface area (Å²) in [5, 5.41) is 12.8. The first kappa shape index (κ1) is 57.9. The lowest BCUT2D eigenvalue weighted by Crippen LogP contribution is -2.66. The van der Waals surface area contributed by atoms with E-state index >= 15 is 0 Å². The quantitative estimate of drug-likeness (QED) is 0.154. The highest BCUT2D eigenvalue weighted by Crippen LogP contribution is 2.54. The molecule has 9 rings (SSSR count). The molecule has 3 aromatic rings. The minimum atomic E-state index is -1.80. The molecule has 78 heavy (non-hydrogen) atoms. The Balaban J connectivity index is 0.000000180. The van der Waals surface area contributed by atoms with Crippen LogP contribution in [-0.2, 0) is 96.0 Å². The number of amides is 3. The molecule has 420 valence electrons. The summed E-state index contributed by atoms with van der Waals surface area (Å²) in [6.45, 7) is 5.87. The van der Waals surface area contributed by atoms with E-state index in [9.17, 15) is 48.3 Å². The molecular weight excluding hydrogens is 1020 g/mol. The molecular formula is C55H65N3O20. The third-order valence-corrected chi connectivity index (χ3v) is 16.4. The Morgan fingerprint density at radius 2 is 0.923 bits per heavy atom. The van der Waals surface area contributed by atoms with E-state index in [1.54, 1.807) is 90.6 Å². The summed E-state index contributed by atoms with van der Waals surface area (Å²) >= 11 is 0. The van der Waals surface area contributed by atoms with Crippen LogP contribution in [0, 0.1) is 17.8 Å². The molecule has 0 aliphatic carbocycles. The van der Waals surface area contributed by atoms with Crippen LogP contribution < -0.4 is 19.5 Å². The Hall–Kier alpha value is -7.79. The number of methoxy groups -OCH3 is 6. The van der Waals surface area contributed by atoms with E-state index < -0.39 is 99.5 Å². The number of likely N-dealkylation sites (tertiary alicyclic amines) is 2. The van der Waals surface area contributed by atoms with Crippen LogP contribution in [0.25, 0.3) is 0 Å². The fourth-order valence-corrected chi connectivity index (χ4v) is 11.8. The minimum absolute atomic E-state index is 0.0150. The lowest BCUT2D eigenvalue weighted by Gasteiger charge is -2.43. The molecule has 6 heterocycles. The zero-order valence-electron chi connectivity index (χ0n) is 45.1. The number of benzene rings is 3. The second-order valence-electron chi connectivity index (χ2n) is 20.0. The van der Waals surface area contributed by atoms with Gasteiger partial charge in [0.05, 0.1) is 99.5 Å². The van der Waals surface area contributed by atoms with Gasteiger partial charge < -0.3 is 67.6 Å². The van der Waals surface area contributed by atoms with E-state index in [1.807, 2.05) is 24.3 Å². The van der Waals surface area contributed by atoms with Crippen molar-refractivity contribution in [1.82, 2.24) is 15.1 Å². The van der Waals surface area contributed by atoms with E-state index in [4.69, 9.17) is 47.4 Å². The van der Waals surface area contributed by atoms with Gasteiger partial charge in [-0.05, 0) is 80.3 Å². The van der Waals surface area contributed by atoms with Crippen LogP contribution in [0.5, 0.6) is 17.2 Å². The van der Waals surface area contributed by atoms with Gasteiger partial charge in [0, 0.05) is 13.1 Å². The monoisotopic (exact) mass is 1090 g/mol. The van der Waals surface area contributed by atoms with Crippen molar-refractivity contribution in [3.8, 4) is 17.2 Å². The van der Waals surface area contributed by atoms with E-state index in [2.05, 4.69) is 5.32 Å². The summed E-state index contributed by atoms with van der Waals surface area (Å²) < 4.78 is 52.7. The summed E-state index contributed by atoms with van der Waals surface area (Å²) in [6, 6.07) is 21.5. The third kappa shape index (κ3) is 9.28. The molecule has 0 saturated carbocycles. The first-order chi connectivity index (χ1) is 37.0. The Morgan fingerprint density at radius 1 is 0.551 bits per heavy atom. The van der Waals surface area contributed by atoms with Gasteiger partial charge in [-0.3, -0.25) is 28.8 Å². The van der Waals surface area contributed by atoms with Crippen LogP contribution in [0.3, 0.4) is 0 Å². The topological polar surface area (TPSA) is 285 Å². The second kappa shape index (κ2) is 22.3. The molecule has 0 unspecified atom stereocenters. The number of hydrogen-bond donors (Lipinski definition) is 2. The lowest BCUT2D eigenvalue weighted by molar-refractivity contribution is -0.186. The maximum Gasteiger partial charge on any atom is 0.338 e. The highest BCUT2D eigenvalue weighted by Gasteiger charge is 2.77. The van der Waals surface area contributed by atoms with E-state index in [1.165, 1.54) is 38.1 Å². The molecule has 6 saturated heterocycles. The number of aliphatic hydroxyl groups excluding tert-OH is 1. The highest BCUT2D eigenvalue weighted by molar-refractivity contribution is 6.02. The van der Waals surface area contributed by atoms with Crippen molar-refractivity contribution in [3.63, 3.8) is 0 Å². The van der Waals surface area contributed by atoms with Crippen LogP contribution in [0.15, 0.2) is 72.8 Å². The minimum Gasteiger partial charge on any atom is -0.497 e. The standard InChI is InChI=1S/C26H29NO8.C18H21NO7.C11H15NO5/c1-25-21(13-22(28)35-25)23(29)27(14-17-5-9-19(31-2)10-6-17)26(25,24(30)33-4)16-34-15-18-7-11-20(32-3)12-8-18;1-17-13(8-14(21)26-17)15(22)19(18(17,10-20)16(23)25-3)9-11-4-6-12(24-2)7-5-11;1-4-11(9(15)16-3)10(2)6(8(14)12-11)5-7(13)17-10/h5-12,21H,13-16H2,1-4H3;4-7,13,20H,8-10H2,1-3H3;6H,4-5H2,1-3H3,(H,12,14)/t21-,25-,26-;13-,17-,18-;6-,10-,11-/m000/s1. The SMILES string of the molecule is CC[C@@]1(C(=O)OC)NC(=O)[C@@H]2CC(=O)O[C@@]21C.COC(=O)[C@]1(CO)N(Cc2ccc(OC)cc2)C(=O)[C@@H]2CC(=O)O[C@@]21C.COC(=O)[C@]1(COCc2ccc(OC)cc2)N(Cc2ccc(OC)cc2)C(=O)[C@@H]2CC(=O)O[C@@]21C. The van der Waals surface area contributed by atoms with Crippen molar-refractivity contribution >= 4 is 53.5 Å². The number of fused-ring (bicyclic) bond motifs is 3. The zero-order valence-corrected chi connectivity index (χ0v) is 45.1. The molecule has 3 amide bonds. The van der Waals surface area contributed by atoms with Crippen LogP contribution in [0.2, 0.25) is 0 Å². The first-order valence-electron chi connectivity index (χ1n) is 25.0. The van der Waals surface area contributed by atoms with Crippen LogP contribution in [0.1, 0.15) is 70.1 Å². The molecule has 23 heteroatoms. The number of hydrogen-bond acceptors (Lipinski definition) is 20. The molecule has 0 aromatic heterocycles. The molecule has 9 atom stereocenters. The maximum absolute atomic E-state index is 13.6. The number of ether oxygens (including phenoxy) is 10. The average molecular weight is 1090 g/mol. The van der Waals surface area contributed by atoms with E-state index in [0.29, 0.717) is 23.7 Å². The first-order valence-corrected chi connectivity index (χ1v) is 25.0. The summed E-state index contributed by atoms with van der Waals surface area (Å²) in [7, 11) is 8.36. The van der Waals surface area contributed by atoms with Crippen molar-refractivity contribution in [1.29, 1.82) is 0 Å². The number of nitrogens with one attached hydrogen (secondary N) is 1. The van der Waals surface area contributed by atoms with E-state index in [-0.39, 0.29) is 57.4 Å². The number of aliphatic hydroxyl groups is 1. The number of esters is 6. The Bertz CT molecular complexity index is 2830. The van der Waals surface area contributed by atoms with Crippen molar-refractivity contribution < 1.29 is 95.6 Å². The summed E-state index contributed by atoms with van der Waals surface area (Å²) in [5.41, 5.74) is -6.46. The molecule has 6 fully saturated rings. The number of carbonyl (C=O) groups is 9. The van der Waals surface area contributed by atoms with Gasteiger partial charge in [-0.1, -0.05) is 43.3 Å². The van der Waals surface area contributed by atoms with Crippen LogP contribution in [0.4, 0.5) is 0 Å². The number of carbonyl (C=O) groups excluding carboxylic acids is 9. The smallest absolute Gasteiger partial charge is 0.338 e. The summed E-state index contributed by atoms with van der Waals surface area (Å²) in [6.07, 6.45) is 0.0889. The lowest BCUT2D eigenvalue weighted by atomic mass is 9.75. The predicted molar refractivity (Wildman–Crippen MR) is 267 cm³/mol. The highest BCUT2D eigenvalue weighted by atomic mass is 16.6. The van der Waals surface area contributed by atoms with Crippen molar-refractivity contribution in [2.24, 2.45) is 17.8 Å². The Morgan fingerprint density at radius 3 is 1.32 bits per heavy atom. The third-order valence-electron chi connectivity index (χ3n) is 16.4. The van der Waals surface area contributed by atoms with Gasteiger partial charge in [-0.15, -0.1) is 0 Å². The van der Waals surface area contributed by atoms with Gasteiger partial charge >= 0.3 is 35.8 Å². The molecule has 3 aromatic carbocycles. The molecule has 0 spiro atoms. The molecule has 23 nitrogen and oxygen atoms in total. The Kier molecular flexibility index (Phi) is 16.5. The van der Waals surface area contributed by atoms with Crippen LogP contribution in [-0.4, -0.2) is 158 Å². The molecule has 0 radical (unpaired) electrons. The maximum atomic E-state index is 13.6. The summed E-state index contributed by atoms with van der Waals surface area (Å²) in [4.78, 5) is 115. The predicted octanol–water partition coefficient (Wildman–Crippen LogP) is 2.52. The Labute approximate surface area is 449 Å². The summed E-state index contributed by atoms with van der Waals surface area (Å²) in [5.74, 6) is -5.01. The molecule has 6 aliphatic heterocycles. The fraction of sp³-hybridized carbons (Fsp3) is 0.509. The fourth-order valence-electron chi connectivity index (χ4n) is 11.8. The zero-order chi connectivity index (χ0) is 57.2. The van der Waals surface area contributed by atoms with Gasteiger partial charge in [0.25, 0.3) is 0 Å². The van der Waals surface area contributed by atoms with Crippen LogP contribution >= 0.6 is 0 Å². The van der Waals surface area contributed by atoms with Crippen molar-refractivity contribution in [3.05, 3.63) is 89.5 Å². The van der Waals surface area contributed by atoms with Gasteiger partial charge in [-0.2, -0.15) is 0 Å². The number of rotatable bonds is 16. The largest absolute Gasteiger partial charge is 0.497 e. The van der Waals surface area contributed by atoms with Crippen molar-refractivity contribution in [2.75, 3.05) is 55.9 Å². The molecule has 2 N–H and O–H groups in total. The van der Waals surface area contributed by atoms with Crippen molar-refractivity contribution in [2.45, 2.75) is 106 Å². The van der Waals surface area contributed by atoms with Gasteiger partial charge in [0.15, 0.2) is 22.3 Å². The average Bonchev–Trinajstić information content (AvgIpc) is 3.22. The van der Waals surface area contributed by atoms with Gasteiger partial charge in [0.1, 0.15) is 17.2 Å².